The summed E-state index contributed by atoms with van der Waals surface area (Å²) in [6.07, 6.45) is 6.96. The standard InChI is InChI=1S/C26H33N3/c1-3-5-15-28-16-18-29(19-17-28)26-24(22-9-7-6-8-10-22)13-12-23-20-21(4-2)11-14-25(23)27-26/h6-11,13-14,20H,3-5,12,15-19H2,1-2H3. The van der Waals surface area contributed by atoms with Crippen molar-refractivity contribution in [2.75, 3.05) is 32.7 Å². The Bertz CT molecular complexity index is 874. The summed E-state index contributed by atoms with van der Waals surface area (Å²) in [7, 11) is 0. The van der Waals surface area contributed by atoms with Gasteiger partial charge >= 0.3 is 0 Å². The van der Waals surface area contributed by atoms with Crippen LogP contribution in [0.15, 0.2) is 59.6 Å². The Hall–Kier alpha value is -2.39. The summed E-state index contributed by atoms with van der Waals surface area (Å²) in [5.41, 5.74) is 6.41. The zero-order valence-electron chi connectivity index (χ0n) is 17.9. The molecule has 2 aliphatic heterocycles. The lowest BCUT2D eigenvalue weighted by molar-refractivity contribution is 0.181. The fourth-order valence-corrected chi connectivity index (χ4v) is 4.28. The molecule has 4 rings (SSSR count). The maximum absolute atomic E-state index is 5.24. The molecule has 0 spiro atoms. The summed E-state index contributed by atoms with van der Waals surface area (Å²) >= 11 is 0. The van der Waals surface area contributed by atoms with E-state index in [0.29, 0.717) is 0 Å². The molecule has 0 atom stereocenters. The third-order valence-electron chi connectivity index (χ3n) is 6.13. The van der Waals surface area contributed by atoms with E-state index in [1.165, 1.54) is 41.6 Å². The monoisotopic (exact) mass is 387 g/mol. The van der Waals surface area contributed by atoms with Crippen molar-refractivity contribution >= 4 is 17.1 Å². The predicted octanol–water partition coefficient (Wildman–Crippen LogP) is 5.34. The van der Waals surface area contributed by atoms with E-state index < -0.39 is 0 Å². The number of fused-ring (bicyclic) bond motifs is 1. The molecule has 0 radical (unpaired) electrons. The van der Waals surface area contributed by atoms with E-state index in [9.17, 15) is 0 Å². The quantitative estimate of drug-likeness (QED) is 0.690. The molecule has 2 aromatic carbocycles. The maximum Gasteiger partial charge on any atom is 0.136 e. The van der Waals surface area contributed by atoms with Gasteiger partial charge in [-0.05, 0) is 48.6 Å². The van der Waals surface area contributed by atoms with Crippen molar-refractivity contribution in [2.45, 2.75) is 39.5 Å². The van der Waals surface area contributed by atoms with E-state index >= 15 is 0 Å². The number of nitrogens with zero attached hydrogens (tertiary/aromatic N) is 3. The molecule has 3 nitrogen and oxygen atoms in total. The predicted molar refractivity (Wildman–Crippen MR) is 124 cm³/mol. The Labute approximate surface area is 175 Å². The number of unbranched alkanes of at least 4 members (excludes halogenated alkanes) is 1. The van der Waals surface area contributed by atoms with Crippen LogP contribution in [0.2, 0.25) is 0 Å². The summed E-state index contributed by atoms with van der Waals surface area (Å²) in [6, 6.07) is 17.6. The summed E-state index contributed by atoms with van der Waals surface area (Å²) in [6.45, 7) is 10.1. The first kappa shape index (κ1) is 19.9. The van der Waals surface area contributed by atoms with Gasteiger partial charge in [0.1, 0.15) is 5.84 Å². The number of hydrogen-bond acceptors (Lipinski definition) is 3. The molecule has 0 bridgehead atoms. The Morgan fingerprint density at radius 3 is 2.45 bits per heavy atom. The van der Waals surface area contributed by atoms with Crippen LogP contribution < -0.4 is 0 Å². The van der Waals surface area contributed by atoms with E-state index in [4.69, 9.17) is 4.99 Å². The van der Waals surface area contributed by atoms with Crippen LogP contribution >= 0.6 is 0 Å². The minimum atomic E-state index is 0.941. The smallest absolute Gasteiger partial charge is 0.136 e. The molecular weight excluding hydrogens is 354 g/mol. The van der Waals surface area contributed by atoms with E-state index in [2.05, 4.69) is 78.3 Å². The molecule has 0 aromatic heterocycles. The lowest BCUT2D eigenvalue weighted by Crippen LogP contribution is -2.49. The fourth-order valence-electron chi connectivity index (χ4n) is 4.28. The summed E-state index contributed by atoms with van der Waals surface area (Å²) in [5, 5.41) is 0. The van der Waals surface area contributed by atoms with Gasteiger partial charge in [-0.25, -0.2) is 4.99 Å². The van der Waals surface area contributed by atoms with Crippen molar-refractivity contribution in [1.82, 2.24) is 9.80 Å². The summed E-state index contributed by atoms with van der Waals surface area (Å²) in [4.78, 5) is 10.3. The van der Waals surface area contributed by atoms with Crippen molar-refractivity contribution in [3.8, 4) is 0 Å². The van der Waals surface area contributed by atoms with Crippen LogP contribution in [0.1, 0.15) is 43.4 Å². The normalized spacial score (nSPS) is 17.4. The van der Waals surface area contributed by atoms with E-state index in [1.807, 2.05) is 0 Å². The van der Waals surface area contributed by atoms with Crippen LogP contribution in [0.5, 0.6) is 0 Å². The Morgan fingerprint density at radius 1 is 0.931 bits per heavy atom. The van der Waals surface area contributed by atoms with Gasteiger partial charge in [-0.2, -0.15) is 0 Å². The Morgan fingerprint density at radius 2 is 1.72 bits per heavy atom. The Kier molecular flexibility index (Phi) is 6.46. The van der Waals surface area contributed by atoms with Crippen molar-refractivity contribution in [1.29, 1.82) is 0 Å². The summed E-state index contributed by atoms with van der Waals surface area (Å²) < 4.78 is 0. The largest absolute Gasteiger partial charge is 0.354 e. The third kappa shape index (κ3) is 4.62. The van der Waals surface area contributed by atoms with E-state index in [0.717, 1.165) is 50.5 Å². The second kappa shape index (κ2) is 9.41. The van der Waals surface area contributed by atoms with Crippen molar-refractivity contribution in [3.05, 3.63) is 71.3 Å². The number of amidine groups is 1. The SMILES string of the molecule is CCCCN1CCN(C2=Nc3ccc(CC)cc3CC=C2c2ccccc2)CC1. The van der Waals surface area contributed by atoms with Gasteiger partial charge < -0.3 is 4.90 Å². The highest BCUT2D eigenvalue weighted by atomic mass is 15.3. The van der Waals surface area contributed by atoms with Crippen molar-refractivity contribution < 1.29 is 0 Å². The molecule has 0 saturated carbocycles. The second-order valence-electron chi connectivity index (χ2n) is 8.12. The Balaban J connectivity index is 1.65. The van der Waals surface area contributed by atoms with Gasteiger partial charge in [0.15, 0.2) is 0 Å². The number of aliphatic imine (C=N–C) groups is 1. The first-order valence-corrected chi connectivity index (χ1v) is 11.2. The molecule has 2 heterocycles. The summed E-state index contributed by atoms with van der Waals surface area (Å²) in [5.74, 6) is 1.15. The molecule has 2 aliphatic rings. The minimum Gasteiger partial charge on any atom is -0.354 e. The highest BCUT2D eigenvalue weighted by Crippen LogP contribution is 2.31. The first-order chi connectivity index (χ1) is 14.3. The number of allylic oxidation sites excluding steroid dienone is 1. The lowest BCUT2D eigenvalue weighted by Gasteiger charge is -2.37. The van der Waals surface area contributed by atoms with Gasteiger partial charge in [0.2, 0.25) is 0 Å². The van der Waals surface area contributed by atoms with Crippen LogP contribution in [-0.2, 0) is 12.8 Å². The molecule has 0 aliphatic carbocycles. The lowest BCUT2D eigenvalue weighted by atomic mass is 10.0. The third-order valence-corrected chi connectivity index (χ3v) is 6.13. The first-order valence-electron chi connectivity index (χ1n) is 11.2. The molecule has 1 saturated heterocycles. The zero-order chi connectivity index (χ0) is 20.1. The van der Waals surface area contributed by atoms with E-state index in [-0.39, 0.29) is 0 Å². The molecule has 0 N–H and O–H groups in total. The van der Waals surface area contributed by atoms with Crippen LogP contribution in [0.25, 0.3) is 5.57 Å². The second-order valence-corrected chi connectivity index (χ2v) is 8.12. The molecule has 0 unspecified atom stereocenters. The van der Waals surface area contributed by atoms with Crippen LogP contribution in [0.4, 0.5) is 5.69 Å². The van der Waals surface area contributed by atoms with Gasteiger partial charge in [0.05, 0.1) is 5.69 Å². The number of hydrogen-bond donors (Lipinski definition) is 0. The highest BCUT2D eigenvalue weighted by molar-refractivity contribution is 6.23. The van der Waals surface area contributed by atoms with Crippen molar-refractivity contribution in [3.63, 3.8) is 0 Å². The number of benzene rings is 2. The van der Waals surface area contributed by atoms with Crippen LogP contribution in [-0.4, -0.2) is 48.4 Å². The molecular formula is C26H33N3. The van der Waals surface area contributed by atoms with Gasteiger partial charge in [-0.3, -0.25) is 4.90 Å². The van der Waals surface area contributed by atoms with Crippen LogP contribution in [0.3, 0.4) is 0 Å². The number of rotatable bonds is 5. The average molecular weight is 388 g/mol. The van der Waals surface area contributed by atoms with Gasteiger partial charge in [0, 0.05) is 31.8 Å². The number of piperazine rings is 1. The maximum atomic E-state index is 5.24. The number of aryl methyl sites for hydroxylation is 1. The van der Waals surface area contributed by atoms with Gasteiger partial charge in [-0.1, -0.05) is 68.8 Å². The molecule has 0 amide bonds. The molecule has 29 heavy (non-hydrogen) atoms. The zero-order valence-corrected chi connectivity index (χ0v) is 17.9. The van der Waals surface area contributed by atoms with Crippen molar-refractivity contribution in [2.24, 2.45) is 4.99 Å². The highest BCUT2D eigenvalue weighted by Gasteiger charge is 2.24. The molecule has 1 fully saturated rings. The van der Waals surface area contributed by atoms with Crippen LogP contribution in [0, 0.1) is 0 Å². The molecule has 2 aromatic rings. The fraction of sp³-hybridized carbons (Fsp3) is 0.423. The average Bonchev–Trinajstić information content (AvgIpc) is 2.98. The molecule has 3 heteroatoms. The topological polar surface area (TPSA) is 18.8 Å². The minimum absolute atomic E-state index is 0.941. The van der Waals surface area contributed by atoms with Gasteiger partial charge in [0.25, 0.3) is 0 Å². The molecule has 152 valence electrons. The van der Waals surface area contributed by atoms with E-state index in [1.54, 1.807) is 0 Å². The van der Waals surface area contributed by atoms with Gasteiger partial charge in [-0.15, -0.1) is 0 Å².